The number of methoxy groups -OCH3 is 1. The zero-order valence-corrected chi connectivity index (χ0v) is 14.0. The number of thiazole rings is 1. The number of fused-ring (bicyclic) bond motifs is 1. The Kier molecular flexibility index (Phi) is 3.86. The van der Waals surface area contributed by atoms with Gasteiger partial charge in [-0.25, -0.2) is 9.78 Å². The third-order valence-electron chi connectivity index (χ3n) is 4.19. The Bertz CT molecular complexity index is 845. The zero-order chi connectivity index (χ0) is 16.5. The quantitative estimate of drug-likeness (QED) is 0.682. The van der Waals surface area contributed by atoms with E-state index >= 15 is 0 Å². The Balaban J connectivity index is 1.63. The summed E-state index contributed by atoms with van der Waals surface area (Å²) in [5.41, 5.74) is 1.26. The number of para-hydroxylation sites is 1. The van der Waals surface area contributed by atoms with Crippen molar-refractivity contribution in [3.63, 3.8) is 0 Å². The molecule has 1 saturated heterocycles. The minimum absolute atomic E-state index is 0.209. The third-order valence-corrected chi connectivity index (χ3v) is 5.33. The van der Waals surface area contributed by atoms with E-state index in [-0.39, 0.29) is 11.7 Å². The first-order valence-electron chi connectivity index (χ1n) is 7.80. The monoisotopic (exact) mass is 340 g/mol. The van der Waals surface area contributed by atoms with Crippen LogP contribution in [0, 0.1) is 0 Å². The molecule has 2 aromatic heterocycles. The lowest BCUT2D eigenvalue weighted by Crippen LogP contribution is -2.24. The fraction of sp³-hybridized carbons (Fsp3) is 0.294. The van der Waals surface area contributed by atoms with Gasteiger partial charge >= 0.3 is 5.97 Å². The van der Waals surface area contributed by atoms with Gasteiger partial charge in [-0.3, -0.25) is 0 Å². The van der Waals surface area contributed by atoms with Crippen molar-refractivity contribution in [2.24, 2.45) is 0 Å². The largest absolute Gasteiger partial charge is 0.464 e. The molecule has 1 aromatic carbocycles. The van der Waals surface area contributed by atoms with Crippen LogP contribution in [0.2, 0.25) is 0 Å². The maximum Gasteiger partial charge on any atom is 0.358 e. The lowest BCUT2D eigenvalue weighted by molar-refractivity contribution is 0.0592. The van der Waals surface area contributed by atoms with Crippen LogP contribution in [-0.4, -0.2) is 34.8 Å². The summed E-state index contributed by atoms with van der Waals surface area (Å²) < 4.78 is 5.86. The number of carbonyl (C=O) groups excluding carboxylic acids is 1. The van der Waals surface area contributed by atoms with Crippen LogP contribution in [0.1, 0.15) is 34.4 Å². The first kappa shape index (κ1) is 15.0. The molecule has 3 heterocycles. The van der Waals surface area contributed by atoms with Gasteiger partial charge in [0.25, 0.3) is 0 Å². The van der Waals surface area contributed by atoms with Crippen LogP contribution in [-0.2, 0) is 4.74 Å². The van der Waals surface area contributed by atoms with Gasteiger partial charge in [0.2, 0.25) is 0 Å². The number of carbonyl (C=O) groups is 1. The average molecular weight is 340 g/mol. The fourth-order valence-corrected chi connectivity index (χ4v) is 4.14. The minimum Gasteiger partial charge on any atom is -0.464 e. The number of hydrogen-bond donors (Lipinski definition) is 0. The molecule has 1 atom stereocenters. The number of ether oxygens (including phenoxy) is 1. The summed E-state index contributed by atoms with van der Waals surface area (Å²) in [5.74, 6) is 0.294. The molecule has 7 heteroatoms. The lowest BCUT2D eigenvalue weighted by Gasteiger charge is -2.23. The molecule has 4 rings (SSSR count). The molecule has 0 aliphatic carbocycles. The average Bonchev–Trinajstić information content (AvgIpc) is 3.27. The SMILES string of the molecule is COC(=O)c1ccc(N2CCC[C@@H]2c2nc3ccccc3s2)nn1. The molecule has 0 radical (unpaired) electrons. The van der Waals surface area contributed by atoms with E-state index in [1.165, 1.54) is 11.8 Å². The molecule has 0 bridgehead atoms. The zero-order valence-electron chi connectivity index (χ0n) is 13.2. The van der Waals surface area contributed by atoms with Crippen LogP contribution < -0.4 is 4.90 Å². The second-order valence-corrected chi connectivity index (χ2v) is 6.70. The Labute approximate surface area is 143 Å². The summed E-state index contributed by atoms with van der Waals surface area (Å²) in [5, 5.41) is 9.30. The number of aromatic nitrogens is 3. The second kappa shape index (κ2) is 6.16. The molecule has 1 fully saturated rings. The first-order valence-corrected chi connectivity index (χ1v) is 8.62. The van der Waals surface area contributed by atoms with E-state index in [2.05, 4.69) is 25.9 Å². The molecule has 0 unspecified atom stereocenters. The number of hydrogen-bond acceptors (Lipinski definition) is 7. The van der Waals surface area contributed by atoms with Gasteiger partial charge in [-0.15, -0.1) is 21.5 Å². The van der Waals surface area contributed by atoms with Gasteiger partial charge in [0, 0.05) is 6.54 Å². The Morgan fingerprint density at radius 3 is 2.88 bits per heavy atom. The predicted molar refractivity (Wildman–Crippen MR) is 92.3 cm³/mol. The van der Waals surface area contributed by atoms with Gasteiger partial charge in [0.15, 0.2) is 11.5 Å². The molecule has 122 valence electrons. The van der Waals surface area contributed by atoms with E-state index < -0.39 is 5.97 Å². The van der Waals surface area contributed by atoms with Crippen LogP contribution in [0.5, 0.6) is 0 Å². The van der Waals surface area contributed by atoms with Crippen LogP contribution in [0.3, 0.4) is 0 Å². The summed E-state index contributed by atoms with van der Waals surface area (Å²) in [7, 11) is 1.33. The third kappa shape index (κ3) is 2.60. The summed E-state index contributed by atoms with van der Waals surface area (Å²) >= 11 is 1.73. The topological polar surface area (TPSA) is 68.2 Å². The standard InChI is InChI=1S/C17H16N4O2S/c1-23-17(22)12-8-9-15(20-19-12)21-10-4-6-13(21)16-18-11-5-2-3-7-14(11)24-16/h2-3,5,7-9,13H,4,6,10H2,1H3/t13-/m1/s1. The van der Waals surface area contributed by atoms with Gasteiger partial charge in [-0.1, -0.05) is 12.1 Å². The van der Waals surface area contributed by atoms with Crippen molar-refractivity contribution >= 4 is 33.3 Å². The molecular weight excluding hydrogens is 324 g/mol. The van der Waals surface area contributed by atoms with E-state index in [4.69, 9.17) is 4.98 Å². The van der Waals surface area contributed by atoms with E-state index in [1.807, 2.05) is 24.3 Å². The molecule has 0 saturated carbocycles. The number of benzene rings is 1. The molecule has 3 aromatic rings. The molecule has 24 heavy (non-hydrogen) atoms. The molecular formula is C17H16N4O2S. The second-order valence-electron chi connectivity index (χ2n) is 5.64. The highest BCUT2D eigenvalue weighted by Crippen LogP contribution is 2.38. The summed E-state index contributed by atoms with van der Waals surface area (Å²) in [6.45, 7) is 0.910. The van der Waals surface area contributed by atoms with Crippen molar-refractivity contribution in [2.75, 3.05) is 18.6 Å². The molecule has 6 nitrogen and oxygen atoms in total. The Hall–Kier alpha value is -2.54. The van der Waals surface area contributed by atoms with Crippen LogP contribution in [0.4, 0.5) is 5.82 Å². The van der Waals surface area contributed by atoms with Gasteiger partial charge in [0.1, 0.15) is 5.01 Å². The maximum atomic E-state index is 11.5. The van der Waals surface area contributed by atoms with Crippen molar-refractivity contribution in [2.45, 2.75) is 18.9 Å². The van der Waals surface area contributed by atoms with E-state index in [0.717, 1.165) is 35.7 Å². The van der Waals surface area contributed by atoms with Crippen molar-refractivity contribution in [1.29, 1.82) is 0 Å². The van der Waals surface area contributed by atoms with Crippen molar-refractivity contribution in [3.05, 3.63) is 47.1 Å². The number of nitrogens with zero attached hydrogens (tertiary/aromatic N) is 4. The molecule has 0 spiro atoms. The van der Waals surface area contributed by atoms with Crippen LogP contribution >= 0.6 is 11.3 Å². The maximum absolute atomic E-state index is 11.5. The molecule has 1 aliphatic heterocycles. The van der Waals surface area contributed by atoms with Crippen molar-refractivity contribution in [3.8, 4) is 0 Å². The highest BCUT2D eigenvalue weighted by molar-refractivity contribution is 7.18. The molecule has 1 aliphatic rings. The predicted octanol–water partition coefficient (Wildman–Crippen LogP) is 3.21. The first-order chi connectivity index (χ1) is 11.8. The van der Waals surface area contributed by atoms with Crippen LogP contribution in [0.15, 0.2) is 36.4 Å². The van der Waals surface area contributed by atoms with Gasteiger partial charge in [-0.2, -0.15) is 0 Å². The normalized spacial score (nSPS) is 17.4. The minimum atomic E-state index is -0.474. The molecule has 0 amide bonds. The summed E-state index contributed by atoms with van der Waals surface area (Å²) in [4.78, 5) is 18.5. The van der Waals surface area contributed by atoms with E-state index in [0.29, 0.717) is 0 Å². The van der Waals surface area contributed by atoms with Crippen LogP contribution in [0.25, 0.3) is 10.2 Å². The number of rotatable bonds is 3. The van der Waals surface area contributed by atoms with Crippen molar-refractivity contribution in [1.82, 2.24) is 15.2 Å². The summed E-state index contributed by atoms with van der Waals surface area (Å²) in [6, 6.07) is 11.9. The lowest BCUT2D eigenvalue weighted by atomic mass is 10.2. The summed E-state index contributed by atoms with van der Waals surface area (Å²) in [6.07, 6.45) is 2.13. The molecule has 0 N–H and O–H groups in total. The Morgan fingerprint density at radius 2 is 2.12 bits per heavy atom. The van der Waals surface area contributed by atoms with E-state index in [9.17, 15) is 4.79 Å². The highest BCUT2D eigenvalue weighted by Gasteiger charge is 2.30. The van der Waals surface area contributed by atoms with Crippen molar-refractivity contribution < 1.29 is 9.53 Å². The smallest absolute Gasteiger partial charge is 0.358 e. The van der Waals surface area contributed by atoms with Gasteiger partial charge < -0.3 is 9.64 Å². The Morgan fingerprint density at radius 1 is 1.25 bits per heavy atom. The number of anilines is 1. The van der Waals surface area contributed by atoms with E-state index in [1.54, 1.807) is 17.4 Å². The highest BCUT2D eigenvalue weighted by atomic mass is 32.1. The van der Waals surface area contributed by atoms with Gasteiger partial charge in [-0.05, 0) is 37.1 Å². The number of esters is 1. The van der Waals surface area contributed by atoms with Gasteiger partial charge in [0.05, 0.1) is 23.4 Å². The fourth-order valence-electron chi connectivity index (χ4n) is 3.02.